The summed E-state index contributed by atoms with van der Waals surface area (Å²) in [4.78, 5) is 24.4. The van der Waals surface area contributed by atoms with Crippen molar-refractivity contribution in [2.45, 2.75) is 213 Å². The summed E-state index contributed by atoms with van der Waals surface area (Å²) >= 11 is 0. The number of carbonyl (C=O) groups excluding carboxylic acids is 2. The molecule has 5 heteroatoms. The predicted molar refractivity (Wildman–Crippen MR) is 306 cm³/mol. The number of allylic oxidation sites excluding steroid dienone is 27. The van der Waals surface area contributed by atoms with E-state index in [-0.39, 0.29) is 25.6 Å². The van der Waals surface area contributed by atoms with E-state index in [4.69, 9.17) is 9.47 Å². The highest BCUT2D eigenvalue weighted by atomic mass is 16.6. The first kappa shape index (κ1) is 65.3. The van der Waals surface area contributed by atoms with Crippen molar-refractivity contribution < 1.29 is 24.2 Å². The van der Waals surface area contributed by atoms with Crippen LogP contribution in [-0.4, -0.2) is 36.4 Å². The third-order valence-electron chi connectivity index (χ3n) is 11.0. The molecule has 1 unspecified atom stereocenters. The maximum Gasteiger partial charge on any atom is 0.309 e. The third-order valence-corrected chi connectivity index (χ3v) is 11.0. The summed E-state index contributed by atoms with van der Waals surface area (Å²) in [6.07, 6.45) is 92.1. The third kappa shape index (κ3) is 55.9. The second-order valence-electron chi connectivity index (χ2n) is 17.6. The number of carbonyl (C=O) groups is 2. The molecule has 0 aromatic heterocycles. The van der Waals surface area contributed by atoms with Crippen LogP contribution in [0.5, 0.6) is 0 Å². The molecule has 0 fully saturated rings. The second-order valence-corrected chi connectivity index (χ2v) is 17.6. The second kappa shape index (κ2) is 58.6. The van der Waals surface area contributed by atoms with Gasteiger partial charge in [-0.1, -0.05) is 255 Å². The first-order valence-electron chi connectivity index (χ1n) is 27.7. The monoisotopic (exact) mass is 961 g/mol. The van der Waals surface area contributed by atoms with Crippen LogP contribution in [0.1, 0.15) is 206 Å². The number of esters is 2. The van der Waals surface area contributed by atoms with Gasteiger partial charge in [0.15, 0.2) is 6.10 Å². The Kier molecular flexibility index (Phi) is 54.6. The van der Waals surface area contributed by atoms with E-state index >= 15 is 0 Å². The van der Waals surface area contributed by atoms with Gasteiger partial charge in [-0.05, 0) is 109 Å². The van der Waals surface area contributed by atoms with Crippen molar-refractivity contribution in [3.8, 4) is 0 Å². The molecular weight excluding hydrogens is 861 g/mol. The normalized spacial score (nSPS) is 13.6. The lowest BCUT2D eigenvalue weighted by atomic mass is 10.0. The molecule has 0 spiro atoms. The summed E-state index contributed by atoms with van der Waals surface area (Å²) in [7, 11) is 0. The highest BCUT2D eigenvalue weighted by Crippen LogP contribution is 2.14. The molecule has 0 radical (unpaired) electrons. The molecule has 0 aromatic carbocycles. The van der Waals surface area contributed by atoms with Gasteiger partial charge in [0.2, 0.25) is 0 Å². The highest BCUT2D eigenvalue weighted by molar-refractivity contribution is 5.71. The Labute approximate surface area is 430 Å². The zero-order chi connectivity index (χ0) is 50.6. The first-order valence-corrected chi connectivity index (χ1v) is 27.7. The molecule has 1 N–H and O–H groups in total. The Morgan fingerprint density at radius 3 is 0.929 bits per heavy atom. The van der Waals surface area contributed by atoms with Crippen molar-refractivity contribution in [3.05, 3.63) is 170 Å². The van der Waals surface area contributed by atoms with Crippen LogP contribution in [0.25, 0.3) is 0 Å². The minimum atomic E-state index is -0.824. The summed E-state index contributed by atoms with van der Waals surface area (Å²) < 4.78 is 10.6. The zero-order valence-corrected chi connectivity index (χ0v) is 44.5. The molecule has 0 saturated carbocycles. The van der Waals surface area contributed by atoms with Crippen molar-refractivity contribution in [2.75, 3.05) is 13.2 Å². The molecule has 390 valence electrons. The average Bonchev–Trinajstić information content (AvgIpc) is 3.36. The summed E-state index contributed by atoms with van der Waals surface area (Å²) in [5.74, 6) is -0.751. The van der Waals surface area contributed by atoms with Gasteiger partial charge in [0.1, 0.15) is 6.61 Å². The topological polar surface area (TPSA) is 72.8 Å². The SMILES string of the molecule is CC/C=C\C/C=C\C/C=C\C/C=C\C/C=C\C/C=C\C/C=C\C/C=C\C/C=C\CCCCCCCCCCCCCCCC(=O)OC(CO)COC(=O)C/C=C\C/C=C\C/C=C\C/C=C\C/C=C\CC. The standard InChI is InChI=1S/C65H100O5/c1-3-5-7-9-11-13-15-17-19-20-21-22-23-24-25-26-27-28-29-30-31-32-33-34-35-36-37-38-39-40-41-42-43-44-46-48-50-52-54-56-58-60-65(68)70-63(61-66)62-69-64(67)59-57-55-53-51-49-47-45-18-16-14-12-10-8-6-4-2/h5-8,11-14,17-19,21-22,24-25,27-28,30-31,33-34,36-37,45,49,51,55,57,63,66H,3-4,9-10,15-16,20,23,26,29,32,35,38-44,46-48,50,52-54,56,58-62H2,1-2H3/b7-5-,8-6-,13-11-,14-12-,19-17-,22-21-,25-24-,28-27-,31-30-,34-33-,37-36-,45-18-,51-49-,57-55-. The number of aliphatic hydroxyl groups is 1. The smallest absolute Gasteiger partial charge is 0.309 e. The maximum absolute atomic E-state index is 12.3. The average molecular weight is 962 g/mol. The molecule has 1 atom stereocenters. The zero-order valence-electron chi connectivity index (χ0n) is 44.5. The summed E-state index contributed by atoms with van der Waals surface area (Å²) in [5, 5.41) is 9.61. The van der Waals surface area contributed by atoms with E-state index < -0.39 is 12.1 Å². The van der Waals surface area contributed by atoms with E-state index in [1.54, 1.807) is 6.08 Å². The molecule has 0 amide bonds. The van der Waals surface area contributed by atoms with Crippen LogP contribution in [0.3, 0.4) is 0 Å². The van der Waals surface area contributed by atoms with Gasteiger partial charge in [-0.15, -0.1) is 0 Å². The lowest BCUT2D eigenvalue weighted by Gasteiger charge is -2.15. The minimum absolute atomic E-state index is 0.130. The van der Waals surface area contributed by atoms with E-state index in [2.05, 4.69) is 172 Å². The van der Waals surface area contributed by atoms with Crippen LogP contribution < -0.4 is 0 Å². The fourth-order valence-corrected chi connectivity index (χ4v) is 6.97. The largest absolute Gasteiger partial charge is 0.461 e. The van der Waals surface area contributed by atoms with E-state index in [0.29, 0.717) is 6.42 Å². The molecule has 70 heavy (non-hydrogen) atoms. The molecule has 5 nitrogen and oxygen atoms in total. The van der Waals surface area contributed by atoms with Gasteiger partial charge in [0, 0.05) is 6.42 Å². The van der Waals surface area contributed by atoms with Crippen LogP contribution in [0.4, 0.5) is 0 Å². The quantitative estimate of drug-likeness (QED) is 0.0374. The Balaban J connectivity index is 3.61. The van der Waals surface area contributed by atoms with Crippen molar-refractivity contribution in [3.63, 3.8) is 0 Å². The van der Waals surface area contributed by atoms with Crippen LogP contribution in [-0.2, 0) is 19.1 Å². The molecule has 0 aliphatic rings. The lowest BCUT2D eigenvalue weighted by molar-refractivity contribution is -0.161. The van der Waals surface area contributed by atoms with Gasteiger partial charge in [-0.25, -0.2) is 0 Å². The van der Waals surface area contributed by atoms with Crippen LogP contribution >= 0.6 is 0 Å². The molecule has 0 aliphatic heterocycles. The molecule has 0 heterocycles. The Morgan fingerprint density at radius 2 is 0.614 bits per heavy atom. The summed E-state index contributed by atoms with van der Waals surface area (Å²) in [6.45, 7) is 3.80. The number of hydrogen-bond donors (Lipinski definition) is 1. The van der Waals surface area contributed by atoms with Gasteiger partial charge >= 0.3 is 11.9 Å². The molecule has 0 aliphatic carbocycles. The van der Waals surface area contributed by atoms with Gasteiger partial charge in [0.05, 0.1) is 13.0 Å². The Bertz CT molecular complexity index is 1600. The molecule has 0 aromatic rings. The molecule has 0 rings (SSSR count). The Morgan fingerprint density at radius 1 is 0.343 bits per heavy atom. The van der Waals surface area contributed by atoms with Gasteiger partial charge in [-0.3, -0.25) is 9.59 Å². The number of aliphatic hydroxyl groups excluding tert-OH is 1. The number of hydrogen-bond acceptors (Lipinski definition) is 5. The first-order chi connectivity index (χ1) is 34.6. The fraction of sp³-hybridized carbons (Fsp3) is 0.538. The highest BCUT2D eigenvalue weighted by Gasteiger charge is 2.15. The Hall–Kier alpha value is -4.74. The van der Waals surface area contributed by atoms with E-state index in [1.807, 2.05) is 6.08 Å². The van der Waals surface area contributed by atoms with E-state index in [0.717, 1.165) is 109 Å². The van der Waals surface area contributed by atoms with Crippen molar-refractivity contribution >= 4 is 11.9 Å². The van der Waals surface area contributed by atoms with Crippen LogP contribution in [0, 0.1) is 0 Å². The van der Waals surface area contributed by atoms with Gasteiger partial charge in [-0.2, -0.15) is 0 Å². The number of ether oxygens (including phenoxy) is 2. The summed E-state index contributed by atoms with van der Waals surface area (Å²) in [5.41, 5.74) is 0. The van der Waals surface area contributed by atoms with Gasteiger partial charge in [0.25, 0.3) is 0 Å². The lowest BCUT2D eigenvalue weighted by Crippen LogP contribution is -2.28. The van der Waals surface area contributed by atoms with Crippen molar-refractivity contribution in [1.29, 1.82) is 0 Å². The van der Waals surface area contributed by atoms with E-state index in [1.165, 1.54) is 70.6 Å². The fourth-order valence-electron chi connectivity index (χ4n) is 6.97. The number of unbranched alkanes of at least 4 members (excludes halogenated alkanes) is 13. The summed E-state index contributed by atoms with van der Waals surface area (Å²) in [6, 6.07) is 0. The van der Waals surface area contributed by atoms with E-state index in [9.17, 15) is 14.7 Å². The van der Waals surface area contributed by atoms with Gasteiger partial charge < -0.3 is 14.6 Å². The van der Waals surface area contributed by atoms with Crippen LogP contribution in [0.15, 0.2) is 170 Å². The van der Waals surface area contributed by atoms with Crippen LogP contribution in [0.2, 0.25) is 0 Å². The van der Waals surface area contributed by atoms with Crippen molar-refractivity contribution in [2.24, 2.45) is 0 Å². The van der Waals surface area contributed by atoms with Crippen molar-refractivity contribution in [1.82, 2.24) is 0 Å². The minimum Gasteiger partial charge on any atom is -0.461 e. The molecular formula is C65H100O5. The number of rotatable bonds is 48. The molecule has 0 saturated heterocycles. The predicted octanol–water partition coefficient (Wildman–Crippen LogP) is 19.0. The molecule has 0 bridgehead atoms. The maximum atomic E-state index is 12.3.